The number of aromatic nitrogens is 3. The normalized spacial score (nSPS) is 9.89. The van der Waals surface area contributed by atoms with Crippen molar-refractivity contribution in [2.45, 2.75) is 12.1 Å². The van der Waals surface area contributed by atoms with Gasteiger partial charge in [-0.05, 0) is 25.1 Å². The summed E-state index contributed by atoms with van der Waals surface area (Å²) in [6.07, 6.45) is 0. The Hall–Kier alpha value is -2.33. The second-order valence-electron chi connectivity index (χ2n) is 3.73. The summed E-state index contributed by atoms with van der Waals surface area (Å²) in [7, 11) is 0. The summed E-state index contributed by atoms with van der Waals surface area (Å²) in [5, 5.41) is 18.7. The van der Waals surface area contributed by atoms with Crippen LogP contribution in [-0.4, -0.2) is 26.8 Å². The molecule has 1 amide bonds. The number of carbonyl (C=O) groups is 1. The van der Waals surface area contributed by atoms with Crippen molar-refractivity contribution in [3.63, 3.8) is 0 Å². The lowest BCUT2D eigenvalue weighted by Crippen LogP contribution is -2.14. The van der Waals surface area contributed by atoms with E-state index in [9.17, 15) is 4.79 Å². The molecule has 0 aliphatic rings. The largest absolute Gasteiger partial charge is 0.325 e. The maximum atomic E-state index is 11.7. The van der Waals surface area contributed by atoms with E-state index < -0.39 is 0 Å². The molecule has 19 heavy (non-hydrogen) atoms. The van der Waals surface area contributed by atoms with E-state index in [2.05, 4.69) is 20.5 Å². The van der Waals surface area contributed by atoms with Gasteiger partial charge in [0.2, 0.25) is 11.1 Å². The summed E-state index contributed by atoms with van der Waals surface area (Å²) in [6, 6.07) is 8.79. The molecule has 0 radical (unpaired) electrons. The third kappa shape index (κ3) is 3.82. The van der Waals surface area contributed by atoms with Gasteiger partial charge in [-0.3, -0.25) is 9.89 Å². The number of nitrogens with zero attached hydrogens (tertiary/aromatic N) is 3. The highest BCUT2D eigenvalue weighted by Gasteiger charge is 2.07. The number of rotatable bonds is 4. The highest BCUT2D eigenvalue weighted by atomic mass is 32.2. The summed E-state index contributed by atoms with van der Waals surface area (Å²) in [5.41, 5.74) is 1.12. The molecule has 1 aromatic carbocycles. The smallest absolute Gasteiger partial charge is 0.234 e. The SMILES string of the molecule is Cc1nc(SCC(=O)Nc2cccc(C#N)c2)n[nH]1. The molecule has 96 valence electrons. The summed E-state index contributed by atoms with van der Waals surface area (Å²) >= 11 is 1.25. The fourth-order valence-electron chi connectivity index (χ4n) is 1.38. The van der Waals surface area contributed by atoms with Crippen LogP contribution in [0.25, 0.3) is 0 Å². The van der Waals surface area contributed by atoms with E-state index in [4.69, 9.17) is 5.26 Å². The quantitative estimate of drug-likeness (QED) is 0.827. The van der Waals surface area contributed by atoms with Gasteiger partial charge in [0.1, 0.15) is 5.82 Å². The van der Waals surface area contributed by atoms with Crippen LogP contribution >= 0.6 is 11.8 Å². The number of nitrogens with one attached hydrogen (secondary N) is 2. The van der Waals surface area contributed by atoms with E-state index in [1.165, 1.54) is 11.8 Å². The Bertz CT molecular complexity index is 631. The average molecular weight is 273 g/mol. The molecule has 2 rings (SSSR count). The Balaban J connectivity index is 1.89. The molecular weight excluding hydrogens is 262 g/mol. The molecule has 7 heteroatoms. The Morgan fingerprint density at radius 1 is 1.58 bits per heavy atom. The topological polar surface area (TPSA) is 94.5 Å². The molecule has 0 saturated heterocycles. The van der Waals surface area contributed by atoms with Crippen molar-refractivity contribution in [1.82, 2.24) is 15.2 Å². The molecule has 0 unspecified atom stereocenters. The number of amides is 1. The van der Waals surface area contributed by atoms with Crippen LogP contribution in [-0.2, 0) is 4.79 Å². The van der Waals surface area contributed by atoms with Crippen molar-refractivity contribution in [1.29, 1.82) is 5.26 Å². The second kappa shape index (κ2) is 6.02. The number of aromatic amines is 1. The third-order valence-corrected chi connectivity index (χ3v) is 3.03. The standard InChI is InChI=1S/C12H11N5OS/c1-8-14-12(17-16-8)19-7-11(18)15-10-4-2-3-9(5-10)6-13/h2-5H,7H2,1H3,(H,15,18)(H,14,16,17). The first-order valence-corrected chi connectivity index (χ1v) is 6.48. The van der Waals surface area contributed by atoms with Gasteiger partial charge in [-0.15, -0.1) is 5.10 Å². The van der Waals surface area contributed by atoms with Crippen molar-refractivity contribution in [2.24, 2.45) is 0 Å². The van der Waals surface area contributed by atoms with Crippen LogP contribution in [0.15, 0.2) is 29.4 Å². The molecule has 0 aliphatic heterocycles. The number of thioether (sulfide) groups is 1. The van der Waals surface area contributed by atoms with Crippen molar-refractivity contribution in [2.75, 3.05) is 11.1 Å². The molecular formula is C12H11N5OS. The number of benzene rings is 1. The van der Waals surface area contributed by atoms with E-state index in [-0.39, 0.29) is 11.7 Å². The average Bonchev–Trinajstić information content (AvgIpc) is 2.82. The zero-order valence-corrected chi connectivity index (χ0v) is 11.0. The van der Waals surface area contributed by atoms with Gasteiger partial charge in [0.05, 0.1) is 17.4 Å². The molecule has 6 nitrogen and oxygen atoms in total. The molecule has 0 aliphatic carbocycles. The number of carbonyl (C=O) groups excluding carboxylic acids is 1. The van der Waals surface area contributed by atoms with Gasteiger partial charge >= 0.3 is 0 Å². The number of H-pyrrole nitrogens is 1. The maximum absolute atomic E-state index is 11.7. The Morgan fingerprint density at radius 2 is 2.42 bits per heavy atom. The lowest BCUT2D eigenvalue weighted by Gasteiger charge is -2.03. The number of hydrogen-bond donors (Lipinski definition) is 2. The number of aryl methyl sites for hydroxylation is 1. The first-order valence-electron chi connectivity index (χ1n) is 5.49. The third-order valence-electron chi connectivity index (χ3n) is 2.18. The summed E-state index contributed by atoms with van der Waals surface area (Å²) in [4.78, 5) is 15.8. The van der Waals surface area contributed by atoms with E-state index in [0.29, 0.717) is 22.2 Å². The minimum Gasteiger partial charge on any atom is -0.325 e. The van der Waals surface area contributed by atoms with Gasteiger partial charge in [0.25, 0.3) is 0 Å². The first kappa shape index (κ1) is 13.1. The summed E-state index contributed by atoms with van der Waals surface area (Å²) in [6.45, 7) is 1.80. The fraction of sp³-hybridized carbons (Fsp3) is 0.167. The molecule has 0 bridgehead atoms. The highest BCUT2D eigenvalue weighted by molar-refractivity contribution is 7.99. The van der Waals surface area contributed by atoms with Crippen LogP contribution in [0, 0.1) is 18.3 Å². The zero-order chi connectivity index (χ0) is 13.7. The summed E-state index contributed by atoms with van der Waals surface area (Å²) in [5.74, 6) is 0.765. The van der Waals surface area contributed by atoms with Gasteiger partial charge in [-0.1, -0.05) is 17.8 Å². The zero-order valence-electron chi connectivity index (χ0n) is 10.2. The Morgan fingerprint density at radius 3 is 3.11 bits per heavy atom. The van der Waals surface area contributed by atoms with E-state index in [1.807, 2.05) is 6.07 Å². The molecule has 0 saturated carbocycles. The van der Waals surface area contributed by atoms with E-state index in [1.54, 1.807) is 31.2 Å². The fourth-order valence-corrected chi connectivity index (χ4v) is 2.02. The van der Waals surface area contributed by atoms with Gasteiger partial charge in [-0.2, -0.15) is 5.26 Å². The highest BCUT2D eigenvalue weighted by Crippen LogP contribution is 2.14. The number of nitriles is 1. The van der Waals surface area contributed by atoms with Crippen LogP contribution in [0.5, 0.6) is 0 Å². The van der Waals surface area contributed by atoms with Crippen LogP contribution in [0.1, 0.15) is 11.4 Å². The molecule has 1 aromatic heterocycles. The van der Waals surface area contributed by atoms with Crippen LogP contribution < -0.4 is 5.32 Å². The molecule has 2 N–H and O–H groups in total. The minimum atomic E-state index is -0.164. The maximum Gasteiger partial charge on any atom is 0.234 e. The van der Waals surface area contributed by atoms with E-state index in [0.717, 1.165) is 0 Å². The van der Waals surface area contributed by atoms with Crippen LogP contribution in [0.2, 0.25) is 0 Å². The molecule has 0 atom stereocenters. The predicted molar refractivity (Wildman–Crippen MR) is 71.6 cm³/mol. The van der Waals surface area contributed by atoms with Crippen molar-refractivity contribution in [3.8, 4) is 6.07 Å². The first-order chi connectivity index (χ1) is 9.17. The lowest BCUT2D eigenvalue weighted by atomic mass is 10.2. The van der Waals surface area contributed by atoms with E-state index >= 15 is 0 Å². The van der Waals surface area contributed by atoms with Gasteiger partial charge < -0.3 is 5.32 Å². The van der Waals surface area contributed by atoms with Crippen molar-refractivity contribution in [3.05, 3.63) is 35.7 Å². The number of anilines is 1. The van der Waals surface area contributed by atoms with Crippen LogP contribution in [0.3, 0.4) is 0 Å². The monoisotopic (exact) mass is 273 g/mol. The number of hydrogen-bond acceptors (Lipinski definition) is 5. The molecule has 0 spiro atoms. The molecule has 0 fully saturated rings. The van der Waals surface area contributed by atoms with Crippen molar-refractivity contribution >= 4 is 23.4 Å². The van der Waals surface area contributed by atoms with Crippen molar-refractivity contribution < 1.29 is 4.79 Å². The van der Waals surface area contributed by atoms with Gasteiger partial charge in [0.15, 0.2) is 0 Å². The van der Waals surface area contributed by atoms with Gasteiger partial charge in [0, 0.05) is 5.69 Å². The molecule has 1 heterocycles. The predicted octanol–water partition coefficient (Wildman–Crippen LogP) is 1.72. The van der Waals surface area contributed by atoms with Gasteiger partial charge in [-0.25, -0.2) is 4.98 Å². The Labute approximate surface area is 114 Å². The van der Waals surface area contributed by atoms with Crippen LogP contribution in [0.4, 0.5) is 5.69 Å². The molecule has 2 aromatic rings. The summed E-state index contributed by atoms with van der Waals surface area (Å²) < 4.78 is 0. The second-order valence-corrected chi connectivity index (χ2v) is 4.68. The minimum absolute atomic E-state index is 0.164. The Kier molecular flexibility index (Phi) is 4.15. The lowest BCUT2D eigenvalue weighted by molar-refractivity contribution is -0.113.